The standard InChI is InChI=1S/C32H56/c1-9-11-22(2)23-14-19-29(5)24(23)15-20-31(7)26(29)12-13-27-30(6)18-10-17-28(3,4)25(30)16-21-32(27,31)8/h22-27H,9-21H2,1-8H3/t22?,23?,24-,25-,26+,27+,29-,30-,31+,32+/m0/s1. The highest BCUT2D eigenvalue weighted by Crippen LogP contribution is 2.78. The van der Waals surface area contributed by atoms with Crippen molar-refractivity contribution < 1.29 is 0 Å². The van der Waals surface area contributed by atoms with Crippen molar-refractivity contribution in [2.24, 2.45) is 62.6 Å². The van der Waals surface area contributed by atoms with Crippen LogP contribution in [-0.2, 0) is 0 Å². The van der Waals surface area contributed by atoms with E-state index in [1.807, 2.05) is 0 Å². The van der Waals surface area contributed by atoms with E-state index in [2.05, 4.69) is 55.4 Å². The Bertz CT molecular complexity index is 720. The first-order chi connectivity index (χ1) is 14.9. The van der Waals surface area contributed by atoms with Crippen LogP contribution in [0.2, 0.25) is 0 Å². The second-order valence-electron chi connectivity index (χ2n) is 15.6. The van der Waals surface area contributed by atoms with Crippen LogP contribution >= 0.6 is 0 Å². The first-order valence-corrected chi connectivity index (χ1v) is 14.9. The lowest BCUT2D eigenvalue weighted by atomic mass is 9.32. The summed E-state index contributed by atoms with van der Waals surface area (Å²) in [5.74, 6) is 5.88. The van der Waals surface area contributed by atoms with Gasteiger partial charge in [0.15, 0.2) is 0 Å². The molecule has 0 saturated heterocycles. The van der Waals surface area contributed by atoms with Gasteiger partial charge in [-0.15, -0.1) is 0 Å². The molecule has 5 rings (SSSR count). The lowest BCUT2D eigenvalue weighted by Gasteiger charge is -2.73. The van der Waals surface area contributed by atoms with E-state index >= 15 is 0 Å². The zero-order valence-electron chi connectivity index (χ0n) is 23.2. The van der Waals surface area contributed by atoms with Gasteiger partial charge >= 0.3 is 0 Å². The Morgan fingerprint density at radius 2 is 1.28 bits per heavy atom. The number of fused-ring (bicyclic) bond motifs is 7. The Hall–Kier alpha value is 0. The highest BCUT2D eigenvalue weighted by atomic mass is 14.7. The van der Waals surface area contributed by atoms with Gasteiger partial charge in [0.1, 0.15) is 0 Å². The molecule has 0 heterocycles. The first kappa shape index (κ1) is 23.7. The van der Waals surface area contributed by atoms with E-state index in [9.17, 15) is 0 Å². The predicted molar refractivity (Wildman–Crippen MR) is 139 cm³/mol. The zero-order valence-corrected chi connectivity index (χ0v) is 23.2. The summed E-state index contributed by atoms with van der Waals surface area (Å²) < 4.78 is 0. The molecule has 5 fully saturated rings. The lowest BCUT2D eigenvalue weighted by molar-refractivity contribution is -0.241. The Kier molecular flexibility index (Phi) is 5.56. The highest BCUT2D eigenvalue weighted by molar-refractivity contribution is 5.19. The van der Waals surface area contributed by atoms with Crippen molar-refractivity contribution in [1.82, 2.24) is 0 Å². The molecular weight excluding hydrogens is 384 g/mol. The molecule has 0 spiro atoms. The molecule has 0 heteroatoms. The van der Waals surface area contributed by atoms with Gasteiger partial charge in [0, 0.05) is 0 Å². The van der Waals surface area contributed by atoms with Gasteiger partial charge in [-0.1, -0.05) is 74.7 Å². The van der Waals surface area contributed by atoms with Crippen molar-refractivity contribution in [3.8, 4) is 0 Å². The highest BCUT2D eigenvalue weighted by Gasteiger charge is 2.70. The molecule has 5 saturated carbocycles. The summed E-state index contributed by atoms with van der Waals surface area (Å²) in [5.41, 5.74) is 2.91. The minimum absolute atomic E-state index is 0.559. The maximum Gasteiger partial charge on any atom is -0.0235 e. The van der Waals surface area contributed by atoms with Crippen LogP contribution < -0.4 is 0 Å². The predicted octanol–water partition coefficient (Wildman–Crippen LogP) is 9.91. The van der Waals surface area contributed by atoms with Crippen molar-refractivity contribution in [2.45, 2.75) is 139 Å². The summed E-state index contributed by atoms with van der Waals surface area (Å²) in [4.78, 5) is 0. The molecule has 0 aliphatic heterocycles. The smallest absolute Gasteiger partial charge is 0.0235 e. The normalized spacial score (nSPS) is 55.3. The Labute approximate surface area is 201 Å². The largest absolute Gasteiger partial charge is 0.0654 e. The van der Waals surface area contributed by atoms with Crippen molar-refractivity contribution in [2.75, 3.05) is 0 Å². The van der Waals surface area contributed by atoms with E-state index in [4.69, 9.17) is 0 Å². The fourth-order valence-corrected chi connectivity index (χ4v) is 12.7. The average Bonchev–Trinajstić information content (AvgIpc) is 3.05. The monoisotopic (exact) mass is 440 g/mol. The van der Waals surface area contributed by atoms with E-state index < -0.39 is 0 Å². The van der Waals surface area contributed by atoms with Crippen molar-refractivity contribution in [3.05, 3.63) is 0 Å². The van der Waals surface area contributed by atoms with E-state index in [0.717, 1.165) is 35.5 Å². The van der Waals surface area contributed by atoms with E-state index in [1.165, 1.54) is 77.0 Å². The van der Waals surface area contributed by atoms with Crippen molar-refractivity contribution in [1.29, 1.82) is 0 Å². The molecule has 0 aromatic heterocycles. The van der Waals surface area contributed by atoms with Crippen LogP contribution in [0.3, 0.4) is 0 Å². The minimum atomic E-state index is 0.559. The van der Waals surface area contributed by atoms with Crippen LogP contribution in [0.25, 0.3) is 0 Å². The molecule has 0 aromatic rings. The Balaban J connectivity index is 1.48. The molecule has 0 aromatic carbocycles. The fraction of sp³-hybridized carbons (Fsp3) is 1.00. The van der Waals surface area contributed by atoms with Crippen molar-refractivity contribution >= 4 is 0 Å². The third kappa shape index (κ3) is 2.92. The van der Waals surface area contributed by atoms with Gasteiger partial charge in [-0.3, -0.25) is 0 Å². The van der Waals surface area contributed by atoms with Crippen LogP contribution in [0, 0.1) is 62.6 Å². The first-order valence-electron chi connectivity index (χ1n) is 14.9. The van der Waals surface area contributed by atoms with Gasteiger partial charge in [-0.2, -0.15) is 0 Å². The van der Waals surface area contributed by atoms with Gasteiger partial charge < -0.3 is 0 Å². The molecule has 2 unspecified atom stereocenters. The molecule has 0 bridgehead atoms. The van der Waals surface area contributed by atoms with E-state index in [1.54, 1.807) is 6.42 Å². The summed E-state index contributed by atoms with van der Waals surface area (Å²) in [5, 5.41) is 0. The molecule has 5 aliphatic rings. The van der Waals surface area contributed by atoms with Gasteiger partial charge in [0.05, 0.1) is 0 Å². The lowest BCUT2D eigenvalue weighted by Crippen LogP contribution is -2.65. The van der Waals surface area contributed by atoms with Gasteiger partial charge in [-0.25, -0.2) is 0 Å². The maximum atomic E-state index is 2.83. The summed E-state index contributed by atoms with van der Waals surface area (Å²) in [6.45, 7) is 21.4. The molecule has 32 heavy (non-hydrogen) atoms. The number of rotatable bonds is 3. The molecule has 0 nitrogen and oxygen atoms in total. The van der Waals surface area contributed by atoms with Crippen LogP contribution in [0.1, 0.15) is 139 Å². The molecular formula is C32H56. The number of hydrogen-bond acceptors (Lipinski definition) is 0. The zero-order chi connectivity index (χ0) is 23.2. The maximum absolute atomic E-state index is 2.83. The minimum Gasteiger partial charge on any atom is -0.0654 e. The molecule has 184 valence electrons. The molecule has 5 aliphatic carbocycles. The Morgan fingerprint density at radius 1 is 0.656 bits per heavy atom. The van der Waals surface area contributed by atoms with Crippen molar-refractivity contribution in [3.63, 3.8) is 0 Å². The Morgan fingerprint density at radius 3 is 1.94 bits per heavy atom. The van der Waals surface area contributed by atoms with Crippen LogP contribution in [0.5, 0.6) is 0 Å². The third-order valence-electron chi connectivity index (χ3n) is 14.2. The van der Waals surface area contributed by atoms with Gasteiger partial charge in [0.2, 0.25) is 0 Å². The van der Waals surface area contributed by atoms with E-state index in [-0.39, 0.29) is 0 Å². The molecule has 0 N–H and O–H groups in total. The molecule has 0 radical (unpaired) electrons. The topological polar surface area (TPSA) is 0 Å². The van der Waals surface area contributed by atoms with Gasteiger partial charge in [-0.05, 0) is 127 Å². The number of hydrogen-bond donors (Lipinski definition) is 0. The summed E-state index contributed by atoms with van der Waals surface area (Å²) >= 11 is 0. The van der Waals surface area contributed by atoms with Crippen LogP contribution in [-0.4, -0.2) is 0 Å². The van der Waals surface area contributed by atoms with Crippen LogP contribution in [0.15, 0.2) is 0 Å². The third-order valence-corrected chi connectivity index (χ3v) is 14.2. The fourth-order valence-electron chi connectivity index (χ4n) is 12.7. The quantitative estimate of drug-likeness (QED) is 0.409. The second kappa shape index (κ2) is 7.50. The SMILES string of the molecule is CCCC(C)C1CC[C@]2(C)[C@H]3CC[C@@H]4[C@@]5(C)CCCC(C)(C)[C@@H]5CC[C@@]4(C)[C@]3(C)CC[C@@H]12. The van der Waals surface area contributed by atoms with Crippen LogP contribution in [0.4, 0.5) is 0 Å². The average molecular weight is 441 g/mol. The second-order valence-corrected chi connectivity index (χ2v) is 15.6. The summed E-state index contributed by atoms with van der Waals surface area (Å²) in [6, 6.07) is 0. The van der Waals surface area contributed by atoms with E-state index in [0.29, 0.717) is 27.1 Å². The summed E-state index contributed by atoms with van der Waals surface area (Å²) in [6.07, 6.45) is 19.5. The molecule has 10 atom stereocenters. The van der Waals surface area contributed by atoms with Gasteiger partial charge in [0.25, 0.3) is 0 Å². The molecule has 0 amide bonds. The summed E-state index contributed by atoms with van der Waals surface area (Å²) in [7, 11) is 0.